The fourth-order valence-electron chi connectivity index (χ4n) is 4.77. The molecule has 8 heteroatoms. The third kappa shape index (κ3) is 2.81. The highest BCUT2D eigenvalue weighted by molar-refractivity contribution is 5.80. The van der Waals surface area contributed by atoms with Crippen molar-refractivity contribution in [3.05, 3.63) is 17.7 Å². The van der Waals surface area contributed by atoms with Crippen LogP contribution in [-0.2, 0) is 26.3 Å². The van der Waals surface area contributed by atoms with E-state index in [-0.39, 0.29) is 24.3 Å². The molecule has 0 bridgehead atoms. The van der Waals surface area contributed by atoms with Crippen LogP contribution in [0.25, 0.3) is 0 Å². The zero-order valence-corrected chi connectivity index (χ0v) is 15.3. The van der Waals surface area contributed by atoms with Gasteiger partial charge in [-0.25, -0.2) is 4.98 Å². The smallest absolute Gasteiger partial charge is 0.249 e. The minimum Gasteiger partial charge on any atom is -0.375 e. The number of hydrogen-bond donors (Lipinski definition) is 2. The lowest BCUT2D eigenvalue weighted by molar-refractivity contribution is -0.148. The highest BCUT2D eigenvalue weighted by atomic mass is 16.5. The first kappa shape index (κ1) is 17.5. The van der Waals surface area contributed by atoms with Crippen molar-refractivity contribution in [2.24, 2.45) is 5.92 Å². The number of aromatic amines is 1. The molecule has 1 aromatic heterocycles. The molecule has 1 atom stereocenters. The monoisotopic (exact) mass is 361 g/mol. The number of carbonyl (C=O) groups is 2. The molecule has 4 heterocycles. The number of piperidine rings is 1. The Bertz CT molecular complexity index is 674. The van der Waals surface area contributed by atoms with Gasteiger partial charge in [-0.2, -0.15) is 0 Å². The van der Waals surface area contributed by atoms with E-state index in [1.54, 1.807) is 13.4 Å². The van der Waals surface area contributed by atoms with Gasteiger partial charge in [0.15, 0.2) is 0 Å². The molecular weight excluding hydrogens is 334 g/mol. The van der Waals surface area contributed by atoms with Gasteiger partial charge in [0, 0.05) is 45.4 Å². The number of carbonyl (C=O) groups excluding carboxylic acids is 2. The summed E-state index contributed by atoms with van der Waals surface area (Å²) in [6.07, 6.45) is 4.88. The van der Waals surface area contributed by atoms with Crippen molar-refractivity contribution in [1.29, 1.82) is 0 Å². The van der Waals surface area contributed by atoms with E-state index in [0.717, 1.165) is 50.2 Å². The Morgan fingerprint density at radius 2 is 2.15 bits per heavy atom. The summed E-state index contributed by atoms with van der Waals surface area (Å²) in [5, 5.41) is 3.27. The van der Waals surface area contributed by atoms with Crippen LogP contribution < -0.4 is 5.32 Å². The van der Waals surface area contributed by atoms with Crippen LogP contribution in [0.4, 0.5) is 0 Å². The Morgan fingerprint density at radius 1 is 1.35 bits per heavy atom. The van der Waals surface area contributed by atoms with Crippen molar-refractivity contribution in [3.8, 4) is 0 Å². The molecule has 2 N–H and O–H groups in total. The number of hydrogen-bond acceptors (Lipinski definition) is 5. The average Bonchev–Trinajstić information content (AvgIpc) is 3.34. The molecule has 2 saturated heterocycles. The summed E-state index contributed by atoms with van der Waals surface area (Å²) in [5.74, 6) is 0.348. The van der Waals surface area contributed by atoms with Crippen molar-refractivity contribution in [2.45, 2.75) is 31.2 Å². The zero-order valence-electron chi connectivity index (χ0n) is 15.3. The Kier molecular flexibility index (Phi) is 4.71. The predicted octanol–water partition coefficient (Wildman–Crippen LogP) is -0.132. The van der Waals surface area contributed by atoms with E-state index in [2.05, 4.69) is 15.3 Å². The lowest BCUT2D eigenvalue weighted by Crippen LogP contribution is -2.60. The number of methoxy groups -OCH3 is 1. The quantitative estimate of drug-likeness (QED) is 0.783. The molecule has 2 fully saturated rings. The Hall–Kier alpha value is -1.93. The summed E-state index contributed by atoms with van der Waals surface area (Å²) >= 11 is 0. The van der Waals surface area contributed by atoms with E-state index in [9.17, 15) is 9.59 Å². The van der Waals surface area contributed by atoms with Gasteiger partial charge in [-0.15, -0.1) is 0 Å². The van der Waals surface area contributed by atoms with Crippen LogP contribution in [0.15, 0.2) is 6.33 Å². The minimum absolute atomic E-state index is 0.000851. The molecule has 1 spiro atoms. The maximum Gasteiger partial charge on any atom is 0.249 e. The maximum atomic E-state index is 12.7. The summed E-state index contributed by atoms with van der Waals surface area (Å²) in [4.78, 5) is 37.2. The molecule has 8 nitrogen and oxygen atoms in total. The molecule has 0 saturated carbocycles. The van der Waals surface area contributed by atoms with E-state index in [1.807, 2.05) is 9.80 Å². The molecule has 3 aliphatic heterocycles. The van der Waals surface area contributed by atoms with E-state index < -0.39 is 5.54 Å². The second-order valence-electron chi connectivity index (χ2n) is 7.50. The Labute approximate surface area is 153 Å². The number of aromatic nitrogens is 2. The minimum atomic E-state index is -0.423. The molecule has 0 aliphatic carbocycles. The standard InChI is InChI=1S/C18H27N5O3/c1-26-11-15(24)23-7-3-14-16(21-12-20-14)18(23)4-8-22(9-5-18)17(25)13-2-6-19-10-13/h12-13,19H,2-11H2,1H3,(H,20,21). The molecule has 1 unspecified atom stereocenters. The molecule has 0 radical (unpaired) electrons. The molecule has 2 amide bonds. The molecule has 4 rings (SSSR count). The largest absolute Gasteiger partial charge is 0.375 e. The van der Waals surface area contributed by atoms with Crippen LogP contribution in [-0.4, -0.2) is 78.0 Å². The molecular formula is C18H27N5O3. The van der Waals surface area contributed by atoms with Gasteiger partial charge in [-0.1, -0.05) is 0 Å². The van der Waals surface area contributed by atoms with E-state index in [1.165, 1.54) is 0 Å². The average molecular weight is 361 g/mol. The maximum absolute atomic E-state index is 12.7. The highest BCUT2D eigenvalue weighted by Gasteiger charge is 2.49. The molecule has 26 heavy (non-hydrogen) atoms. The Morgan fingerprint density at radius 3 is 2.85 bits per heavy atom. The normalized spacial score (nSPS) is 24.7. The second kappa shape index (κ2) is 7.00. The first-order chi connectivity index (χ1) is 12.7. The van der Waals surface area contributed by atoms with Gasteiger partial charge in [-0.05, 0) is 25.8 Å². The molecule has 1 aromatic rings. The van der Waals surface area contributed by atoms with Crippen LogP contribution in [0.3, 0.4) is 0 Å². The number of fused-ring (bicyclic) bond motifs is 2. The summed E-state index contributed by atoms with van der Waals surface area (Å²) in [7, 11) is 1.55. The number of rotatable bonds is 3. The van der Waals surface area contributed by atoms with Gasteiger partial charge in [0.2, 0.25) is 11.8 Å². The Balaban J connectivity index is 1.55. The number of likely N-dealkylation sites (tertiary alicyclic amines) is 1. The fraction of sp³-hybridized carbons (Fsp3) is 0.722. The van der Waals surface area contributed by atoms with Gasteiger partial charge in [-0.3, -0.25) is 9.59 Å². The lowest BCUT2D eigenvalue weighted by Gasteiger charge is -2.50. The van der Waals surface area contributed by atoms with Crippen molar-refractivity contribution in [1.82, 2.24) is 25.1 Å². The fourth-order valence-corrected chi connectivity index (χ4v) is 4.77. The number of H-pyrrole nitrogens is 1. The summed E-state index contributed by atoms with van der Waals surface area (Å²) < 4.78 is 5.10. The van der Waals surface area contributed by atoms with Crippen molar-refractivity contribution in [3.63, 3.8) is 0 Å². The second-order valence-corrected chi connectivity index (χ2v) is 7.50. The predicted molar refractivity (Wildman–Crippen MR) is 94.3 cm³/mol. The number of nitrogens with zero attached hydrogens (tertiary/aromatic N) is 3. The molecule has 3 aliphatic rings. The van der Waals surface area contributed by atoms with Gasteiger partial charge >= 0.3 is 0 Å². The van der Waals surface area contributed by atoms with Crippen LogP contribution in [0.1, 0.15) is 30.7 Å². The van der Waals surface area contributed by atoms with Gasteiger partial charge in [0.1, 0.15) is 6.61 Å². The van der Waals surface area contributed by atoms with Crippen LogP contribution >= 0.6 is 0 Å². The number of imidazole rings is 1. The zero-order chi connectivity index (χ0) is 18.1. The van der Waals surface area contributed by atoms with Crippen LogP contribution in [0.5, 0.6) is 0 Å². The topological polar surface area (TPSA) is 90.6 Å². The SMILES string of the molecule is COCC(=O)N1CCc2[nH]cnc2C12CCN(C(=O)C1CCNC1)CC2. The van der Waals surface area contributed by atoms with E-state index >= 15 is 0 Å². The summed E-state index contributed by atoms with van der Waals surface area (Å²) in [6.45, 7) is 3.78. The molecule has 0 aromatic carbocycles. The summed E-state index contributed by atoms with van der Waals surface area (Å²) in [5.41, 5.74) is 1.67. The van der Waals surface area contributed by atoms with Gasteiger partial charge in [0.25, 0.3) is 0 Å². The first-order valence-electron chi connectivity index (χ1n) is 9.47. The molecule has 142 valence electrons. The first-order valence-corrected chi connectivity index (χ1v) is 9.47. The number of amides is 2. The van der Waals surface area contributed by atoms with E-state index in [0.29, 0.717) is 19.6 Å². The van der Waals surface area contributed by atoms with Gasteiger partial charge in [0.05, 0.1) is 23.5 Å². The number of ether oxygens (including phenoxy) is 1. The van der Waals surface area contributed by atoms with Gasteiger partial charge < -0.3 is 24.8 Å². The van der Waals surface area contributed by atoms with Crippen LogP contribution in [0.2, 0.25) is 0 Å². The van der Waals surface area contributed by atoms with Crippen molar-refractivity contribution >= 4 is 11.8 Å². The third-order valence-electron chi connectivity index (χ3n) is 6.14. The van der Waals surface area contributed by atoms with E-state index in [4.69, 9.17) is 4.74 Å². The highest BCUT2D eigenvalue weighted by Crippen LogP contribution is 2.42. The summed E-state index contributed by atoms with van der Waals surface area (Å²) in [6, 6.07) is 0. The third-order valence-corrected chi connectivity index (χ3v) is 6.14. The van der Waals surface area contributed by atoms with Crippen molar-refractivity contribution in [2.75, 3.05) is 46.4 Å². The van der Waals surface area contributed by atoms with Crippen LogP contribution in [0, 0.1) is 5.92 Å². The number of nitrogens with one attached hydrogen (secondary N) is 2. The van der Waals surface area contributed by atoms with Crippen molar-refractivity contribution < 1.29 is 14.3 Å². The lowest BCUT2D eigenvalue weighted by atomic mass is 9.78.